The Hall–Kier alpha value is -3.45. The number of pyridine rings is 2. The van der Waals surface area contributed by atoms with E-state index in [0.717, 1.165) is 5.56 Å². The smallest absolute Gasteiger partial charge is 0.344 e. The summed E-state index contributed by atoms with van der Waals surface area (Å²) in [6.07, 6.45) is 3.53. The maximum absolute atomic E-state index is 12.6. The second kappa shape index (κ2) is 9.16. The first-order chi connectivity index (χ1) is 13.9. The van der Waals surface area contributed by atoms with Crippen molar-refractivity contribution in [3.8, 4) is 11.6 Å². The molecule has 0 aliphatic heterocycles. The van der Waals surface area contributed by atoms with Crippen molar-refractivity contribution in [3.05, 3.63) is 77.2 Å². The van der Waals surface area contributed by atoms with Gasteiger partial charge in [0, 0.05) is 23.1 Å². The summed E-state index contributed by atoms with van der Waals surface area (Å²) in [5.74, 6) is -0.740. The summed E-state index contributed by atoms with van der Waals surface area (Å²) in [7, 11) is 0. The van der Waals surface area contributed by atoms with Gasteiger partial charge in [-0.25, -0.2) is 9.78 Å². The predicted molar refractivity (Wildman–Crippen MR) is 108 cm³/mol. The van der Waals surface area contributed by atoms with Crippen LogP contribution in [0.1, 0.15) is 22.8 Å². The molecule has 1 N–H and O–H groups in total. The number of hydrogen-bond donors (Lipinski definition) is 1. The number of nitrogens with one attached hydrogen (secondary N) is 1. The number of hydrogen-bond acceptors (Lipinski definition) is 6. The van der Waals surface area contributed by atoms with Gasteiger partial charge in [-0.15, -0.1) is 0 Å². The van der Waals surface area contributed by atoms with Crippen LogP contribution in [0.15, 0.2) is 61.1 Å². The lowest BCUT2D eigenvalue weighted by Crippen LogP contribution is -2.30. The van der Waals surface area contributed by atoms with Crippen LogP contribution in [0.25, 0.3) is 0 Å². The summed E-state index contributed by atoms with van der Waals surface area (Å²) >= 11 is 5.97. The molecule has 0 spiro atoms. The summed E-state index contributed by atoms with van der Waals surface area (Å²) in [4.78, 5) is 33.0. The van der Waals surface area contributed by atoms with E-state index in [1.54, 1.807) is 42.6 Å². The highest BCUT2D eigenvalue weighted by Gasteiger charge is 2.23. The topological polar surface area (TPSA) is 90.4 Å². The van der Waals surface area contributed by atoms with Crippen LogP contribution in [0.5, 0.6) is 11.6 Å². The molecule has 1 atom stereocenters. The van der Waals surface area contributed by atoms with Gasteiger partial charge >= 0.3 is 5.97 Å². The van der Waals surface area contributed by atoms with Crippen molar-refractivity contribution in [1.82, 2.24) is 9.97 Å². The fourth-order valence-corrected chi connectivity index (χ4v) is 2.56. The zero-order chi connectivity index (χ0) is 20.8. The first kappa shape index (κ1) is 20.3. The minimum Gasteiger partial charge on any atom is -0.449 e. The quantitative estimate of drug-likeness (QED) is 0.604. The molecule has 0 fully saturated rings. The SMILES string of the molecule is Cc1ccc(Cl)cc1NC(=O)C(C)OC(=O)c1cccnc1Oc1cccnc1. The van der Waals surface area contributed by atoms with E-state index in [0.29, 0.717) is 16.5 Å². The molecule has 29 heavy (non-hydrogen) atoms. The molecule has 1 unspecified atom stereocenters. The molecule has 0 aliphatic carbocycles. The standard InChI is InChI=1S/C21H18ClN3O4/c1-13-7-8-15(22)11-18(13)25-19(26)14(2)28-21(27)17-6-4-10-24-20(17)29-16-5-3-9-23-12-16/h3-12,14H,1-2H3,(H,25,26). The number of benzene rings is 1. The lowest BCUT2D eigenvalue weighted by atomic mass is 10.2. The molecule has 3 aromatic rings. The molecule has 1 aromatic carbocycles. The average Bonchev–Trinajstić information content (AvgIpc) is 2.71. The Bertz CT molecular complexity index is 1030. The Balaban J connectivity index is 1.69. The van der Waals surface area contributed by atoms with Gasteiger partial charge in [0.15, 0.2) is 6.10 Å². The lowest BCUT2D eigenvalue weighted by Gasteiger charge is -2.16. The number of esters is 1. The van der Waals surface area contributed by atoms with Gasteiger partial charge in [0.2, 0.25) is 5.88 Å². The van der Waals surface area contributed by atoms with Gasteiger partial charge in [-0.2, -0.15) is 0 Å². The zero-order valence-electron chi connectivity index (χ0n) is 15.8. The van der Waals surface area contributed by atoms with Crippen molar-refractivity contribution in [2.75, 3.05) is 5.32 Å². The molecule has 3 rings (SSSR count). The number of nitrogens with zero attached hydrogens (tertiary/aromatic N) is 2. The highest BCUT2D eigenvalue weighted by molar-refractivity contribution is 6.31. The second-order valence-corrected chi connectivity index (χ2v) is 6.58. The van der Waals surface area contributed by atoms with Crippen LogP contribution >= 0.6 is 11.6 Å². The van der Waals surface area contributed by atoms with Crippen LogP contribution in [0.4, 0.5) is 5.69 Å². The van der Waals surface area contributed by atoms with Gasteiger partial charge in [-0.05, 0) is 55.8 Å². The van der Waals surface area contributed by atoms with Gasteiger partial charge < -0.3 is 14.8 Å². The van der Waals surface area contributed by atoms with E-state index < -0.39 is 18.0 Å². The molecule has 0 radical (unpaired) electrons. The molecule has 0 bridgehead atoms. The zero-order valence-corrected chi connectivity index (χ0v) is 16.5. The van der Waals surface area contributed by atoms with Crippen molar-refractivity contribution in [2.45, 2.75) is 20.0 Å². The summed E-state index contributed by atoms with van der Waals surface area (Å²) in [5.41, 5.74) is 1.48. The Labute approximate surface area is 172 Å². The number of amides is 1. The summed E-state index contributed by atoms with van der Waals surface area (Å²) < 4.78 is 10.9. The average molecular weight is 412 g/mol. The van der Waals surface area contributed by atoms with Gasteiger partial charge in [-0.3, -0.25) is 9.78 Å². The van der Waals surface area contributed by atoms with Crippen LogP contribution < -0.4 is 10.1 Å². The van der Waals surface area contributed by atoms with Crippen LogP contribution in [-0.4, -0.2) is 27.9 Å². The van der Waals surface area contributed by atoms with Crippen molar-refractivity contribution in [3.63, 3.8) is 0 Å². The molecule has 2 heterocycles. The lowest BCUT2D eigenvalue weighted by molar-refractivity contribution is -0.123. The Morgan fingerprint density at radius 3 is 2.69 bits per heavy atom. The normalized spacial score (nSPS) is 11.4. The number of rotatable bonds is 6. The van der Waals surface area contributed by atoms with E-state index in [-0.39, 0.29) is 11.4 Å². The minimum atomic E-state index is -1.05. The Morgan fingerprint density at radius 2 is 1.93 bits per heavy atom. The van der Waals surface area contributed by atoms with Gasteiger partial charge in [0.1, 0.15) is 11.3 Å². The highest BCUT2D eigenvalue weighted by atomic mass is 35.5. The molecule has 1 amide bonds. The van der Waals surface area contributed by atoms with E-state index in [1.165, 1.54) is 25.4 Å². The number of aryl methyl sites for hydroxylation is 1. The number of carbonyl (C=O) groups is 2. The maximum atomic E-state index is 12.6. The molecular weight excluding hydrogens is 394 g/mol. The van der Waals surface area contributed by atoms with Gasteiger partial charge in [0.05, 0.1) is 6.20 Å². The molecule has 0 saturated heterocycles. The second-order valence-electron chi connectivity index (χ2n) is 6.14. The van der Waals surface area contributed by atoms with Gasteiger partial charge in [0.25, 0.3) is 5.91 Å². The molecule has 148 valence electrons. The molecule has 0 aliphatic rings. The van der Waals surface area contributed by atoms with E-state index in [1.807, 2.05) is 6.92 Å². The third kappa shape index (κ3) is 5.30. The molecule has 7 nitrogen and oxygen atoms in total. The van der Waals surface area contributed by atoms with Crippen molar-refractivity contribution in [1.29, 1.82) is 0 Å². The van der Waals surface area contributed by atoms with Crippen molar-refractivity contribution < 1.29 is 19.1 Å². The summed E-state index contributed by atoms with van der Waals surface area (Å²) in [6.45, 7) is 3.31. The van der Waals surface area contributed by atoms with E-state index in [4.69, 9.17) is 21.1 Å². The van der Waals surface area contributed by atoms with Gasteiger partial charge in [-0.1, -0.05) is 17.7 Å². The van der Waals surface area contributed by atoms with Crippen LogP contribution in [-0.2, 0) is 9.53 Å². The minimum absolute atomic E-state index is 0.0591. The number of ether oxygens (including phenoxy) is 2. The van der Waals surface area contributed by atoms with E-state index in [2.05, 4.69) is 15.3 Å². The van der Waals surface area contributed by atoms with Crippen LogP contribution in [0.2, 0.25) is 5.02 Å². The molecule has 8 heteroatoms. The summed E-state index contributed by atoms with van der Waals surface area (Å²) in [5, 5.41) is 3.20. The van der Waals surface area contributed by atoms with E-state index >= 15 is 0 Å². The fourth-order valence-electron chi connectivity index (χ4n) is 2.39. The maximum Gasteiger partial charge on any atom is 0.344 e. The molecular formula is C21H18ClN3O4. The number of aromatic nitrogens is 2. The largest absolute Gasteiger partial charge is 0.449 e. The third-order valence-electron chi connectivity index (χ3n) is 3.95. The van der Waals surface area contributed by atoms with Crippen molar-refractivity contribution in [2.24, 2.45) is 0 Å². The van der Waals surface area contributed by atoms with Crippen LogP contribution in [0.3, 0.4) is 0 Å². The first-order valence-corrected chi connectivity index (χ1v) is 9.12. The van der Waals surface area contributed by atoms with Crippen LogP contribution in [0, 0.1) is 6.92 Å². The first-order valence-electron chi connectivity index (χ1n) is 8.75. The van der Waals surface area contributed by atoms with Crippen molar-refractivity contribution >= 4 is 29.2 Å². The summed E-state index contributed by atoms with van der Waals surface area (Å²) in [6, 6.07) is 11.6. The number of carbonyl (C=O) groups excluding carboxylic acids is 2. The fraction of sp³-hybridized carbons (Fsp3) is 0.143. The predicted octanol–water partition coefficient (Wildman–Crippen LogP) is 4.41. The monoisotopic (exact) mass is 411 g/mol. The number of halogens is 1. The Kier molecular flexibility index (Phi) is 6.41. The molecule has 0 saturated carbocycles. The molecule has 2 aromatic heterocycles. The number of anilines is 1. The van der Waals surface area contributed by atoms with E-state index in [9.17, 15) is 9.59 Å². The highest BCUT2D eigenvalue weighted by Crippen LogP contribution is 2.24. The Morgan fingerprint density at radius 1 is 1.14 bits per heavy atom. The third-order valence-corrected chi connectivity index (χ3v) is 4.19.